The van der Waals surface area contributed by atoms with Crippen LogP contribution in [-0.2, 0) is 4.79 Å². The standard InChI is InChI=1S/C15H22FNO/c1-10(2)17(11(3)4)15(18)12(5)13-6-8-14(16)9-7-13/h6-12H,1-5H3. The Bertz CT molecular complexity index is 389. The van der Waals surface area contributed by atoms with Crippen LogP contribution in [0.1, 0.15) is 46.1 Å². The predicted octanol–water partition coefficient (Wildman–Crippen LogP) is 3.57. The summed E-state index contributed by atoms with van der Waals surface area (Å²) in [6, 6.07) is 6.48. The Morgan fingerprint density at radius 1 is 1.00 bits per heavy atom. The summed E-state index contributed by atoms with van der Waals surface area (Å²) in [6.45, 7) is 9.91. The van der Waals surface area contributed by atoms with Crippen molar-refractivity contribution in [1.29, 1.82) is 0 Å². The smallest absolute Gasteiger partial charge is 0.230 e. The summed E-state index contributed by atoms with van der Waals surface area (Å²) in [5.74, 6) is -0.426. The van der Waals surface area contributed by atoms with E-state index in [4.69, 9.17) is 0 Å². The molecule has 100 valence electrons. The molecule has 0 aromatic heterocycles. The molecule has 0 aliphatic rings. The van der Waals surface area contributed by atoms with Crippen LogP contribution in [-0.4, -0.2) is 22.9 Å². The maximum absolute atomic E-state index is 12.9. The molecule has 0 aliphatic heterocycles. The first-order valence-electron chi connectivity index (χ1n) is 6.42. The van der Waals surface area contributed by atoms with Crippen LogP contribution in [0, 0.1) is 5.82 Å². The van der Waals surface area contributed by atoms with Crippen molar-refractivity contribution >= 4 is 5.91 Å². The number of carbonyl (C=O) groups is 1. The van der Waals surface area contributed by atoms with E-state index in [1.165, 1.54) is 12.1 Å². The van der Waals surface area contributed by atoms with E-state index in [9.17, 15) is 9.18 Å². The average molecular weight is 251 g/mol. The van der Waals surface area contributed by atoms with E-state index >= 15 is 0 Å². The molecule has 0 N–H and O–H groups in total. The number of hydrogen-bond donors (Lipinski definition) is 0. The normalized spacial score (nSPS) is 12.9. The van der Waals surface area contributed by atoms with E-state index < -0.39 is 0 Å². The zero-order valence-corrected chi connectivity index (χ0v) is 11.8. The lowest BCUT2D eigenvalue weighted by atomic mass is 9.98. The monoisotopic (exact) mass is 251 g/mol. The topological polar surface area (TPSA) is 20.3 Å². The van der Waals surface area contributed by atoms with Crippen molar-refractivity contribution < 1.29 is 9.18 Å². The maximum atomic E-state index is 12.9. The van der Waals surface area contributed by atoms with Gasteiger partial charge in [-0.3, -0.25) is 4.79 Å². The summed E-state index contributed by atoms with van der Waals surface area (Å²) in [7, 11) is 0. The van der Waals surface area contributed by atoms with Crippen LogP contribution < -0.4 is 0 Å². The van der Waals surface area contributed by atoms with E-state index in [1.807, 2.05) is 39.5 Å². The van der Waals surface area contributed by atoms with E-state index in [0.29, 0.717) is 0 Å². The van der Waals surface area contributed by atoms with Gasteiger partial charge in [0.25, 0.3) is 0 Å². The van der Waals surface area contributed by atoms with Gasteiger partial charge in [-0.25, -0.2) is 4.39 Å². The molecular formula is C15H22FNO. The Labute approximate surface area is 109 Å². The molecule has 0 bridgehead atoms. The molecule has 0 fully saturated rings. The number of amides is 1. The largest absolute Gasteiger partial charge is 0.337 e. The summed E-state index contributed by atoms with van der Waals surface area (Å²) >= 11 is 0. The van der Waals surface area contributed by atoms with Gasteiger partial charge < -0.3 is 4.90 Å². The van der Waals surface area contributed by atoms with Gasteiger partial charge in [0.15, 0.2) is 0 Å². The molecule has 1 rings (SSSR count). The second kappa shape index (κ2) is 5.98. The van der Waals surface area contributed by atoms with Crippen molar-refractivity contribution in [2.24, 2.45) is 0 Å². The Morgan fingerprint density at radius 3 is 1.83 bits per heavy atom. The second-order valence-corrected chi connectivity index (χ2v) is 5.21. The van der Waals surface area contributed by atoms with Gasteiger partial charge in [-0.05, 0) is 52.3 Å². The van der Waals surface area contributed by atoms with Crippen molar-refractivity contribution in [2.45, 2.75) is 52.6 Å². The molecule has 0 saturated carbocycles. The van der Waals surface area contributed by atoms with Crippen LogP contribution in [0.4, 0.5) is 4.39 Å². The summed E-state index contributed by atoms with van der Waals surface area (Å²) in [5, 5.41) is 0. The Morgan fingerprint density at radius 2 is 1.44 bits per heavy atom. The number of nitrogens with zero attached hydrogens (tertiary/aromatic N) is 1. The molecule has 0 saturated heterocycles. The van der Waals surface area contributed by atoms with Gasteiger partial charge >= 0.3 is 0 Å². The van der Waals surface area contributed by atoms with Crippen LogP contribution in [0.5, 0.6) is 0 Å². The SMILES string of the molecule is CC(C(=O)N(C(C)C)C(C)C)c1ccc(F)cc1. The highest BCUT2D eigenvalue weighted by Gasteiger charge is 2.25. The molecule has 2 nitrogen and oxygen atoms in total. The summed E-state index contributed by atoms with van der Waals surface area (Å²) < 4.78 is 12.9. The van der Waals surface area contributed by atoms with Gasteiger partial charge in [-0.15, -0.1) is 0 Å². The van der Waals surface area contributed by atoms with Gasteiger partial charge in [-0.1, -0.05) is 12.1 Å². The van der Waals surface area contributed by atoms with Gasteiger partial charge in [0.1, 0.15) is 5.82 Å². The molecular weight excluding hydrogens is 229 g/mol. The third kappa shape index (κ3) is 3.31. The summed E-state index contributed by atoms with van der Waals surface area (Å²) in [5.41, 5.74) is 0.854. The molecule has 1 aromatic carbocycles. The van der Waals surface area contributed by atoms with Gasteiger partial charge in [-0.2, -0.15) is 0 Å². The molecule has 0 spiro atoms. The number of benzene rings is 1. The minimum atomic E-state index is -0.275. The predicted molar refractivity (Wildman–Crippen MR) is 71.9 cm³/mol. The average Bonchev–Trinajstić information content (AvgIpc) is 2.28. The maximum Gasteiger partial charge on any atom is 0.230 e. The fraction of sp³-hybridized carbons (Fsp3) is 0.533. The first-order chi connectivity index (χ1) is 8.34. The molecule has 18 heavy (non-hydrogen) atoms. The first kappa shape index (κ1) is 14.7. The minimum absolute atomic E-state index is 0.0895. The number of halogens is 1. The van der Waals surface area contributed by atoms with E-state index in [0.717, 1.165) is 5.56 Å². The highest BCUT2D eigenvalue weighted by Crippen LogP contribution is 2.21. The van der Waals surface area contributed by atoms with Gasteiger partial charge in [0.05, 0.1) is 5.92 Å². The molecule has 1 unspecified atom stereocenters. The Balaban J connectivity index is 2.91. The zero-order valence-electron chi connectivity index (χ0n) is 11.8. The fourth-order valence-electron chi connectivity index (χ4n) is 2.22. The van der Waals surface area contributed by atoms with Crippen LogP contribution >= 0.6 is 0 Å². The molecule has 1 atom stereocenters. The van der Waals surface area contributed by atoms with Crippen LogP contribution in [0.2, 0.25) is 0 Å². The number of rotatable bonds is 4. The van der Waals surface area contributed by atoms with Crippen LogP contribution in [0.3, 0.4) is 0 Å². The molecule has 0 aliphatic carbocycles. The summed E-state index contributed by atoms with van der Waals surface area (Å²) in [6.07, 6.45) is 0. The Kier molecular flexibility index (Phi) is 4.88. The van der Waals surface area contributed by atoms with Gasteiger partial charge in [0, 0.05) is 12.1 Å². The summed E-state index contributed by atoms with van der Waals surface area (Å²) in [4.78, 5) is 14.3. The third-order valence-corrected chi connectivity index (χ3v) is 3.11. The molecule has 3 heteroatoms. The van der Waals surface area contributed by atoms with Crippen molar-refractivity contribution in [1.82, 2.24) is 4.90 Å². The quantitative estimate of drug-likeness (QED) is 0.801. The highest BCUT2D eigenvalue weighted by atomic mass is 19.1. The van der Waals surface area contributed by atoms with Crippen LogP contribution in [0.25, 0.3) is 0 Å². The lowest BCUT2D eigenvalue weighted by Gasteiger charge is -2.33. The minimum Gasteiger partial charge on any atom is -0.337 e. The lowest BCUT2D eigenvalue weighted by Crippen LogP contribution is -2.44. The van der Waals surface area contributed by atoms with Crippen molar-refractivity contribution in [3.8, 4) is 0 Å². The fourth-order valence-corrected chi connectivity index (χ4v) is 2.22. The lowest BCUT2D eigenvalue weighted by molar-refractivity contribution is -0.136. The molecule has 1 amide bonds. The third-order valence-electron chi connectivity index (χ3n) is 3.11. The van der Waals surface area contributed by atoms with Gasteiger partial charge in [0.2, 0.25) is 5.91 Å². The second-order valence-electron chi connectivity index (χ2n) is 5.21. The number of carbonyl (C=O) groups excluding carboxylic acids is 1. The number of hydrogen-bond acceptors (Lipinski definition) is 1. The molecule has 1 aromatic rings. The van der Waals surface area contributed by atoms with Crippen LogP contribution in [0.15, 0.2) is 24.3 Å². The Hall–Kier alpha value is -1.38. The zero-order chi connectivity index (χ0) is 13.9. The van der Waals surface area contributed by atoms with Crippen molar-refractivity contribution in [3.63, 3.8) is 0 Å². The van der Waals surface area contributed by atoms with Crippen molar-refractivity contribution in [2.75, 3.05) is 0 Å². The highest BCUT2D eigenvalue weighted by molar-refractivity contribution is 5.83. The molecule has 0 radical (unpaired) electrons. The molecule has 0 heterocycles. The van der Waals surface area contributed by atoms with Crippen molar-refractivity contribution in [3.05, 3.63) is 35.6 Å². The van der Waals surface area contributed by atoms with E-state index in [2.05, 4.69) is 0 Å². The van der Waals surface area contributed by atoms with E-state index in [-0.39, 0.29) is 29.7 Å². The first-order valence-corrected chi connectivity index (χ1v) is 6.42. The van der Waals surface area contributed by atoms with E-state index in [1.54, 1.807) is 12.1 Å².